The van der Waals surface area contributed by atoms with Gasteiger partial charge in [0, 0.05) is 34.1 Å². The van der Waals surface area contributed by atoms with E-state index in [-0.39, 0.29) is 66.9 Å². The zero-order valence-corrected chi connectivity index (χ0v) is 39.5. The summed E-state index contributed by atoms with van der Waals surface area (Å²) in [6.07, 6.45) is 0. The third-order valence-electron chi connectivity index (χ3n) is 11.2. The number of fused-ring (bicyclic) bond motifs is 4. The third-order valence-corrected chi connectivity index (χ3v) is 16.0. The Balaban J connectivity index is 0.000000163. The minimum atomic E-state index is -2.72. The average molecular weight is 1000 g/mol. The molecular weight excluding hydrogens is 911 g/mol. The smallest absolute Gasteiger partial charge is 0.179 e. The van der Waals surface area contributed by atoms with Gasteiger partial charge in [-0.05, 0) is 136 Å². The van der Waals surface area contributed by atoms with E-state index in [1.165, 1.54) is 15.6 Å². The van der Waals surface area contributed by atoms with Crippen LogP contribution in [0.15, 0.2) is 315 Å². The molecule has 3 nitrogen and oxygen atoms in total. The van der Waals surface area contributed by atoms with Gasteiger partial charge in [0.2, 0.25) is 0 Å². The predicted octanol–water partition coefficient (Wildman–Crippen LogP) is 16.3. The zero-order valence-electron chi connectivity index (χ0n) is 71.5. The maximum Gasteiger partial charge on any atom is 0.179 e. The molecule has 3 N–H and O–H groups in total. The molecule has 0 aliphatic rings. The van der Waals surface area contributed by atoms with Gasteiger partial charge in [-0.2, -0.15) is 0 Å². The third kappa shape index (κ3) is 10.7. The highest BCUT2D eigenvalue weighted by atomic mass is 28.3. The molecule has 0 bridgehead atoms. The first kappa shape index (κ1) is 22.5. The van der Waals surface area contributed by atoms with Crippen LogP contribution in [0.4, 0.5) is 34.1 Å². The Hall–Kier alpha value is -9.48. The molecule has 354 valence electrons. The summed E-state index contributed by atoms with van der Waals surface area (Å²) >= 11 is 0. The van der Waals surface area contributed by atoms with E-state index in [4.69, 9.17) is 45.2 Å². The Bertz CT molecular complexity index is 5650. The van der Waals surface area contributed by atoms with E-state index in [1.807, 2.05) is 30.3 Å². The monoisotopic (exact) mass is 999 g/mol. The van der Waals surface area contributed by atoms with E-state index in [1.54, 1.807) is 0 Å². The molecule has 0 atom stereocenters. The minimum Gasteiger partial charge on any atom is -0.356 e. The summed E-state index contributed by atoms with van der Waals surface area (Å²) in [7, 11) is -2.72. The van der Waals surface area contributed by atoms with Gasteiger partial charge in [-0.3, -0.25) is 0 Å². The largest absolute Gasteiger partial charge is 0.356 e. The molecule has 0 radical (unpaired) electrons. The van der Waals surface area contributed by atoms with E-state index >= 15 is 0 Å². The van der Waals surface area contributed by atoms with Crippen LogP contribution in [-0.2, 0) is 0 Å². The van der Waals surface area contributed by atoms with Crippen molar-refractivity contribution in [2.75, 3.05) is 16.0 Å². The summed E-state index contributed by atoms with van der Waals surface area (Å²) in [6.45, 7) is 0. The second-order valence-corrected chi connectivity index (χ2v) is 19.6. The van der Waals surface area contributed by atoms with Crippen molar-refractivity contribution in [2.24, 2.45) is 0 Å². The molecule has 0 amide bonds. The van der Waals surface area contributed by atoms with E-state index in [9.17, 15) is 0 Å². The van der Waals surface area contributed by atoms with Gasteiger partial charge >= 0.3 is 0 Å². The lowest BCUT2D eigenvalue weighted by atomic mass is 10.1. The van der Waals surface area contributed by atoms with Crippen molar-refractivity contribution in [2.45, 2.75) is 0 Å². The lowest BCUT2D eigenvalue weighted by Gasteiger charge is -2.34. The number of hydrogen-bond acceptors (Lipinski definition) is 3. The molecule has 0 saturated carbocycles. The summed E-state index contributed by atoms with van der Waals surface area (Å²) in [4.78, 5) is 0. The Morgan fingerprint density at radius 2 is 0.486 bits per heavy atom. The summed E-state index contributed by atoms with van der Waals surface area (Å²) in [5.41, 5.74) is -1.08. The lowest BCUT2D eigenvalue weighted by Crippen LogP contribution is -2.74. The SMILES string of the molecule is [2H]c1c([2H])c([2H])c(Nc2c([2H])c([2H])c3c([2H])c([2H])c([2H])c([2H])c3c2[2H])c([2H])c1[2H].[2H]c1c([2H])c([2H])c2c([2H])c(Nc3c([2H])c([2H])c4c([2H])c([2H])c([2H])c([2H])c4c3[2H])c([2H])c([2H])c2c1[2H].[2H]c1c([2H])c([2H])c2c([2H])c(Nc3ccc([Si](c4ccccc4)(c4ccccc4)c4ccccc4)cc3)c([2H])c([2H])c2c1[2H]. The summed E-state index contributed by atoms with van der Waals surface area (Å²) in [6, 6.07) is 21.2. The molecule has 0 fully saturated rings. The van der Waals surface area contributed by atoms with Crippen molar-refractivity contribution < 1.29 is 45.2 Å². The minimum absolute atomic E-state index is 0.0213. The van der Waals surface area contributed by atoms with E-state index < -0.39 is 212 Å². The van der Waals surface area contributed by atoms with E-state index in [2.05, 4.69) is 101 Å². The second kappa shape index (κ2) is 22.3. The first-order valence-electron chi connectivity index (χ1n) is 39.1. The predicted molar refractivity (Wildman–Crippen MR) is 322 cm³/mol. The first-order valence-corrected chi connectivity index (χ1v) is 24.6. The molecule has 0 unspecified atom stereocenters. The van der Waals surface area contributed by atoms with Crippen LogP contribution in [0, 0.1) is 0 Å². The van der Waals surface area contributed by atoms with Gasteiger partial charge < -0.3 is 16.0 Å². The molecule has 74 heavy (non-hydrogen) atoms. The number of hydrogen-bond donors (Lipinski definition) is 3. The van der Waals surface area contributed by atoms with Crippen molar-refractivity contribution in [3.63, 3.8) is 0 Å². The standard InChI is InChI=1S/C34H27NSi.C20H15N.C16H13N/c1-4-14-31(15-5-1)36(32-16-6-2-7-17-32,33-18-8-3-9-19-33)34-24-22-29(23-25-34)35-30-21-20-27-12-10-11-13-28(27)26-30;1-3-7-17-13-19(11-9-15(17)5-1)21-20-12-10-16-6-2-4-8-18(16)14-20;1-2-8-15(9-3-1)17-16-11-10-13-6-4-5-7-14(13)12-16/h1-26,35H;1-14,21H;1-12,17H/i10D,11D,12D,13D,20D,21D,26D;1D,2D,3D,4D,5D,6D,7D,8D,9D,10D,11D,12D,13D,14D;1D,2D,3D,4D,5D,6D,7D,8D,9D,10D,11D,12D. The first-order chi connectivity index (χ1) is 50.4. The van der Waals surface area contributed by atoms with Gasteiger partial charge in [0.25, 0.3) is 0 Å². The van der Waals surface area contributed by atoms with Gasteiger partial charge in [-0.15, -0.1) is 0 Å². The number of rotatable bonds is 10. The molecule has 0 aliphatic carbocycles. The van der Waals surface area contributed by atoms with Crippen LogP contribution in [0.1, 0.15) is 45.2 Å². The maximum atomic E-state index is 8.80. The molecule has 13 aromatic carbocycles. The lowest BCUT2D eigenvalue weighted by molar-refractivity contribution is 1.57. The van der Waals surface area contributed by atoms with Crippen LogP contribution < -0.4 is 36.7 Å². The van der Waals surface area contributed by atoms with Crippen molar-refractivity contribution in [3.8, 4) is 0 Å². The number of para-hydroxylation sites is 1. The summed E-state index contributed by atoms with van der Waals surface area (Å²) < 4.78 is 268. The van der Waals surface area contributed by atoms with Crippen molar-refractivity contribution >= 4 is 106 Å². The molecule has 0 saturated heterocycles. The van der Waals surface area contributed by atoms with Gasteiger partial charge in [-0.25, -0.2) is 0 Å². The Labute approximate surface area is 481 Å². The Kier molecular flexibility index (Phi) is 6.78. The van der Waals surface area contributed by atoms with E-state index in [0.717, 1.165) is 5.19 Å². The molecular formula is C70H55N3Si. The fraction of sp³-hybridized carbons (Fsp3) is 0. The van der Waals surface area contributed by atoms with Gasteiger partial charge in [0.15, 0.2) is 8.07 Å². The number of nitrogens with one attached hydrogen (secondary N) is 3. The molecule has 0 spiro atoms. The van der Waals surface area contributed by atoms with Crippen LogP contribution >= 0.6 is 0 Å². The van der Waals surface area contributed by atoms with Gasteiger partial charge in [0.05, 0.1) is 45.2 Å². The van der Waals surface area contributed by atoms with Crippen LogP contribution in [0.3, 0.4) is 0 Å². The Morgan fingerprint density at radius 1 is 0.216 bits per heavy atom. The maximum absolute atomic E-state index is 8.80. The molecule has 0 aliphatic heterocycles. The van der Waals surface area contributed by atoms with Crippen LogP contribution in [0.5, 0.6) is 0 Å². The number of anilines is 6. The van der Waals surface area contributed by atoms with Crippen LogP contribution in [0.2, 0.25) is 0 Å². The number of benzene rings is 13. The van der Waals surface area contributed by atoms with Gasteiger partial charge in [0.1, 0.15) is 0 Å². The fourth-order valence-corrected chi connectivity index (χ4v) is 12.7. The zero-order chi connectivity index (χ0) is 78.5. The van der Waals surface area contributed by atoms with Crippen molar-refractivity contribution in [1.29, 1.82) is 0 Å². The second-order valence-electron chi connectivity index (χ2n) is 15.8. The van der Waals surface area contributed by atoms with Crippen LogP contribution in [0.25, 0.3) is 43.1 Å². The van der Waals surface area contributed by atoms with E-state index in [0.29, 0.717) is 5.69 Å². The van der Waals surface area contributed by atoms with Crippen LogP contribution in [-0.4, -0.2) is 8.07 Å². The molecule has 0 heterocycles. The summed E-state index contributed by atoms with van der Waals surface area (Å²) in [5.74, 6) is 0. The fourth-order valence-electron chi connectivity index (χ4n) is 7.95. The molecule has 13 rings (SSSR count). The highest BCUT2D eigenvalue weighted by Crippen LogP contribution is 2.27. The normalized spacial score (nSPS) is 17.2. The van der Waals surface area contributed by atoms with Crippen molar-refractivity contribution in [1.82, 2.24) is 0 Å². The average Bonchev–Trinajstić information content (AvgIpc) is 0.743. The Morgan fingerprint density at radius 3 is 0.824 bits per heavy atom. The topological polar surface area (TPSA) is 36.1 Å². The molecule has 4 heteroatoms. The van der Waals surface area contributed by atoms with Gasteiger partial charge in [-0.1, -0.05) is 242 Å². The highest BCUT2D eigenvalue weighted by Gasteiger charge is 2.41. The molecule has 13 aromatic rings. The highest BCUT2D eigenvalue weighted by molar-refractivity contribution is 7.19. The quantitative estimate of drug-likeness (QED) is 0.0944. The summed E-state index contributed by atoms with van der Waals surface area (Å²) in [5, 5.41) is 10.8. The molecule has 0 aromatic heterocycles. The van der Waals surface area contributed by atoms with Crippen molar-refractivity contribution in [3.05, 3.63) is 315 Å².